The molecule has 28 heteroatoms. The minimum absolute atomic E-state index is 0. The van der Waals surface area contributed by atoms with E-state index in [-0.39, 0.29) is 148 Å². The molecule has 0 aliphatic carbocycles. The molecule has 82 heavy (non-hydrogen) atoms. The number of hydrogen-bond donors (Lipinski definition) is 4. The van der Waals surface area contributed by atoms with Gasteiger partial charge in [0.1, 0.15) is 11.2 Å². The number of fused-ring (bicyclic) bond motifs is 2. The number of carboxylic acids is 1. The number of esters is 1. The molecule has 6 heterocycles. The van der Waals surface area contributed by atoms with Gasteiger partial charge in [-0.2, -0.15) is 8.42 Å². The number of carboxylic acid groups (broad SMARTS) is 1. The number of halogens is 2. The number of aromatic amines is 1. The first-order valence-electron chi connectivity index (χ1n) is 24.8. The second-order valence-corrected chi connectivity index (χ2v) is 21.2. The average molecular weight is 1240 g/mol. The number of piperidine rings is 2. The predicted octanol–water partition coefficient (Wildman–Crippen LogP) is 2.24. The molecule has 2 aliphatic heterocycles. The Kier molecular flexibility index (Phi) is 27.5. The summed E-state index contributed by atoms with van der Waals surface area (Å²) in [6.07, 6.45) is 6.67. The summed E-state index contributed by atoms with van der Waals surface area (Å²) in [5.41, 5.74) is 4.50. The van der Waals surface area contributed by atoms with Gasteiger partial charge in [0.05, 0.1) is 58.3 Å². The molecule has 4 aromatic heterocycles. The maximum absolute atomic E-state index is 12.9. The van der Waals surface area contributed by atoms with E-state index in [2.05, 4.69) is 46.1 Å². The molecule has 0 spiro atoms. The van der Waals surface area contributed by atoms with Crippen molar-refractivity contribution in [3.8, 4) is 28.2 Å². The van der Waals surface area contributed by atoms with Crippen LogP contribution in [0, 0.1) is 11.8 Å². The van der Waals surface area contributed by atoms with Gasteiger partial charge in [-0.3, -0.25) is 14.4 Å². The van der Waals surface area contributed by atoms with Crippen LogP contribution in [0.25, 0.3) is 50.0 Å². The fourth-order valence-electron chi connectivity index (χ4n) is 8.93. The number of methoxy groups -OCH3 is 1. The number of ether oxygens (including phenoxy) is 3. The predicted molar refractivity (Wildman–Crippen MR) is 297 cm³/mol. The number of aromatic nitrogens is 6. The van der Waals surface area contributed by atoms with Crippen LogP contribution >= 0.6 is 23.2 Å². The van der Waals surface area contributed by atoms with Crippen molar-refractivity contribution in [3.05, 3.63) is 114 Å². The van der Waals surface area contributed by atoms with E-state index in [0.29, 0.717) is 52.7 Å². The van der Waals surface area contributed by atoms with E-state index in [9.17, 15) is 24.3 Å². The molecule has 23 nitrogen and oxygen atoms in total. The zero-order chi connectivity index (χ0) is 58.3. The van der Waals surface area contributed by atoms with Gasteiger partial charge in [0.2, 0.25) is 11.9 Å². The van der Waals surface area contributed by atoms with Crippen LogP contribution in [0.4, 0.5) is 21.5 Å². The first kappa shape index (κ1) is 69.6. The molecule has 4 N–H and O–H groups in total. The Hall–Kier alpha value is -4.92. The number of hydrogen-bond acceptors (Lipinski definition) is 18. The topological polar surface area (TPSA) is 303 Å². The Labute approximate surface area is 572 Å². The summed E-state index contributed by atoms with van der Waals surface area (Å²) in [6.45, 7) is 11.4. The normalized spacial score (nSPS) is 16.5. The first-order valence-corrected chi connectivity index (χ1v) is 26.2. The molecule has 2 fully saturated rings. The summed E-state index contributed by atoms with van der Waals surface area (Å²) in [6, 6.07) is 25.3. The summed E-state index contributed by atoms with van der Waals surface area (Å²) in [5, 5.41) is 27.3. The van der Waals surface area contributed by atoms with Crippen LogP contribution in [0.3, 0.4) is 0 Å². The number of nitrogens with one attached hydrogen (secondary N) is 3. The van der Waals surface area contributed by atoms with Gasteiger partial charge in [0, 0.05) is 83.8 Å². The van der Waals surface area contributed by atoms with E-state index in [1.54, 1.807) is 47.7 Å². The molecule has 426 valence electrons. The first-order chi connectivity index (χ1) is 38.1. The van der Waals surface area contributed by atoms with Crippen molar-refractivity contribution in [1.29, 1.82) is 0 Å². The Balaban J connectivity index is 0.000000384. The number of carbonyl (C=O) groups is 5. The van der Waals surface area contributed by atoms with Gasteiger partial charge in [0.25, 0.3) is 6.47 Å². The van der Waals surface area contributed by atoms with E-state index in [1.807, 2.05) is 85.2 Å². The molecule has 4 unspecified atom stereocenters. The number of aliphatic carboxylic acids is 1. The Morgan fingerprint density at radius 3 is 1.70 bits per heavy atom. The molecular formula is C54H60Cl2K2N10O13S. The molecule has 3 aromatic carbocycles. The third-order valence-corrected chi connectivity index (χ3v) is 12.7. The molecular weight excluding hydrogens is 1180 g/mol. The van der Waals surface area contributed by atoms with Gasteiger partial charge in [-0.15, -0.1) is 0 Å². The second-order valence-electron chi connectivity index (χ2n) is 20.2. The molecule has 2 aliphatic rings. The van der Waals surface area contributed by atoms with Crippen molar-refractivity contribution >= 4 is 99.1 Å². The Morgan fingerprint density at radius 1 is 0.732 bits per heavy atom. The number of para-hydroxylation sites is 3. The van der Waals surface area contributed by atoms with E-state index < -0.39 is 52.8 Å². The minimum atomic E-state index is -0.966. The fraction of sp³-hybridized carbons (Fsp3) is 0.352. The van der Waals surface area contributed by atoms with Gasteiger partial charge < -0.3 is 60.9 Å². The Bertz CT molecular complexity index is 3350. The van der Waals surface area contributed by atoms with Crippen molar-refractivity contribution < 1.29 is 166 Å². The molecule has 0 radical (unpaired) electrons. The SMILES string of the molecule is CC(C)(C)OC(=O)N1CC(Nc2ncc(Cl)c(-c3c[nH]c4ccccc34)n2)CC(C(=O)O)C1.COC(=O)C1CC(Nc2ncc(Cl)c(-c3cn(-c4ccccc4)c4ccccc34)n2)CN(C(=O)OC(C)(C)C)C1.O=CO[O-].O=S=O.[H-].[K+].[K+]. The van der Waals surface area contributed by atoms with Gasteiger partial charge in [-0.05, 0) is 78.6 Å². The zero-order valence-corrected chi connectivity index (χ0v) is 55.2. The van der Waals surface area contributed by atoms with Gasteiger partial charge >= 0.3 is 138 Å². The monoisotopic (exact) mass is 1240 g/mol. The zero-order valence-electron chi connectivity index (χ0n) is 47.6. The standard InChI is InChI=1S/C30H32ClN5O4.C23H26ClN5O4.CH2O3.2K.O2S.H/c1-30(2,3)40-29(38)35-16-19(27(37)39-4)14-20(17-35)33-28-32-15-24(31)26(34-28)23-18-36(21-10-6-5-7-11-21)25-13-9-8-12-22(23)25;1-23(2,3)33-22(32)29-11-13(20(30)31)8-14(12-29)27-21-26-10-17(24)19(28-21)16-9-25-18-7-5-4-6-15(16)18;2-1-4-3;;;1-3-2;/h5-13,15,18-20H,14,16-17H2,1-4H3,(H,32,33,34);4-7,9-10,13-14,25H,8,11-12H2,1-3H3,(H,30,31)(H,26,27,28);1,3H;;;;/q;;;2*+1;;-1/p-1. The number of amides is 2. The second kappa shape index (κ2) is 32.4. The van der Waals surface area contributed by atoms with Crippen molar-refractivity contribution in [1.82, 2.24) is 39.3 Å². The largest absolute Gasteiger partial charge is 1.00 e. The van der Waals surface area contributed by atoms with E-state index in [4.69, 9.17) is 60.9 Å². The van der Waals surface area contributed by atoms with Crippen LogP contribution in [0.2, 0.25) is 10.0 Å². The maximum Gasteiger partial charge on any atom is 1.00 e. The molecule has 4 atom stereocenters. The summed E-state index contributed by atoms with van der Waals surface area (Å²) in [7, 11) is 1.34. The number of benzene rings is 3. The van der Waals surface area contributed by atoms with Crippen LogP contribution in [0.15, 0.2) is 104 Å². The number of nitrogens with zero attached hydrogens (tertiary/aromatic N) is 7. The third kappa shape index (κ3) is 19.6. The van der Waals surface area contributed by atoms with Gasteiger partial charge in [-0.1, -0.05) is 77.8 Å². The summed E-state index contributed by atoms with van der Waals surface area (Å²) < 4.78 is 34.7. The quantitative estimate of drug-likeness (QED) is 0.0381. The number of rotatable bonds is 10. The van der Waals surface area contributed by atoms with Crippen LogP contribution in [0.5, 0.6) is 0 Å². The summed E-state index contributed by atoms with van der Waals surface area (Å²) in [4.78, 5) is 85.1. The molecule has 2 amide bonds. The third-order valence-electron chi connectivity index (χ3n) is 12.1. The molecule has 0 saturated carbocycles. The van der Waals surface area contributed by atoms with Crippen molar-refractivity contribution in [2.45, 2.75) is 77.7 Å². The summed E-state index contributed by atoms with van der Waals surface area (Å²) in [5.74, 6) is -1.95. The Morgan fingerprint density at radius 2 is 1.20 bits per heavy atom. The van der Waals surface area contributed by atoms with Crippen LogP contribution < -0.4 is 119 Å². The molecule has 0 bridgehead atoms. The fourth-order valence-corrected chi connectivity index (χ4v) is 9.31. The van der Waals surface area contributed by atoms with E-state index in [1.165, 1.54) is 23.1 Å². The summed E-state index contributed by atoms with van der Waals surface area (Å²) >= 11 is 12.3. The van der Waals surface area contributed by atoms with Crippen LogP contribution in [-0.4, -0.2) is 140 Å². The van der Waals surface area contributed by atoms with Crippen LogP contribution in [-0.2, 0) is 45.1 Å². The van der Waals surface area contributed by atoms with Crippen LogP contribution in [0.1, 0.15) is 55.8 Å². The van der Waals surface area contributed by atoms with Crippen molar-refractivity contribution in [3.63, 3.8) is 0 Å². The van der Waals surface area contributed by atoms with Crippen molar-refractivity contribution in [2.24, 2.45) is 11.8 Å². The molecule has 2 saturated heterocycles. The molecule has 9 rings (SSSR count). The number of carbonyl (C=O) groups excluding carboxylic acids is 4. The van der Waals surface area contributed by atoms with E-state index >= 15 is 0 Å². The minimum Gasteiger partial charge on any atom is -1.00 e. The average Bonchev–Trinajstić information content (AvgIpc) is 4.06. The number of anilines is 2. The van der Waals surface area contributed by atoms with Gasteiger partial charge in [0.15, 0.2) is 0 Å². The van der Waals surface area contributed by atoms with Crippen molar-refractivity contribution in [2.75, 3.05) is 43.9 Å². The number of H-pyrrole nitrogens is 1. The van der Waals surface area contributed by atoms with E-state index in [0.717, 1.165) is 38.6 Å². The van der Waals surface area contributed by atoms with Gasteiger partial charge in [-0.25, -0.2) is 29.5 Å². The smallest absolute Gasteiger partial charge is 1.00 e. The maximum atomic E-state index is 12.9. The molecule has 7 aromatic rings. The number of likely N-dealkylation sites (tertiary alicyclic amines) is 2.